The van der Waals surface area contributed by atoms with E-state index in [0.717, 1.165) is 12.3 Å². The molecular formula is C22H16F8N4O3. The van der Waals surface area contributed by atoms with Gasteiger partial charge in [0.2, 0.25) is 0 Å². The molecule has 15 heteroatoms. The van der Waals surface area contributed by atoms with Crippen LogP contribution in [-0.4, -0.2) is 40.3 Å². The number of nitrogens with zero attached hydrogens (tertiary/aromatic N) is 3. The first-order valence-corrected chi connectivity index (χ1v) is 10.2. The van der Waals surface area contributed by atoms with Gasteiger partial charge >= 0.3 is 19.0 Å². The summed E-state index contributed by atoms with van der Waals surface area (Å²) < 4.78 is 111. The van der Waals surface area contributed by atoms with Crippen LogP contribution in [0.3, 0.4) is 0 Å². The van der Waals surface area contributed by atoms with E-state index in [1.165, 1.54) is 31.5 Å². The molecule has 0 radical (unpaired) electrons. The lowest BCUT2D eigenvalue weighted by Crippen LogP contribution is -2.28. The third kappa shape index (κ3) is 7.72. The summed E-state index contributed by atoms with van der Waals surface area (Å²) in [7, 11) is 0. The van der Waals surface area contributed by atoms with Crippen molar-refractivity contribution in [1.29, 1.82) is 0 Å². The highest BCUT2D eigenvalue weighted by molar-refractivity contribution is 5.95. The predicted molar refractivity (Wildman–Crippen MR) is 111 cm³/mol. The molecule has 0 aliphatic carbocycles. The molecule has 0 aliphatic rings. The van der Waals surface area contributed by atoms with Crippen molar-refractivity contribution >= 4 is 5.91 Å². The fourth-order valence-corrected chi connectivity index (χ4v) is 3.05. The van der Waals surface area contributed by atoms with Crippen LogP contribution in [0.2, 0.25) is 0 Å². The standard InChI is InChI=1S/C22H16F8N4O3/c1-11(17-18(32-5-4-31-17)16-3-2-14(9-33-16)37-20(23)24)34-19(35)12-6-13(22(28,29)30)8-15(7-12)36-10-21(25,26)27/h2-9,11,20H,10H2,1H3,(H,34,35). The molecule has 0 aliphatic heterocycles. The van der Waals surface area contributed by atoms with Crippen molar-refractivity contribution in [2.75, 3.05) is 6.61 Å². The first kappa shape index (κ1) is 27.5. The molecule has 1 amide bonds. The molecule has 37 heavy (non-hydrogen) atoms. The van der Waals surface area contributed by atoms with Crippen molar-refractivity contribution in [3.05, 3.63) is 65.7 Å². The summed E-state index contributed by atoms with van der Waals surface area (Å²) in [6, 6.07) is 3.06. The summed E-state index contributed by atoms with van der Waals surface area (Å²) in [5.74, 6) is -2.10. The van der Waals surface area contributed by atoms with Crippen LogP contribution in [0, 0.1) is 0 Å². The second-order valence-corrected chi connectivity index (χ2v) is 7.39. The molecule has 1 unspecified atom stereocenters. The Balaban J connectivity index is 1.86. The number of alkyl halides is 8. The quantitative estimate of drug-likeness (QED) is 0.378. The number of carbonyl (C=O) groups excluding carboxylic acids is 1. The Morgan fingerprint density at radius 2 is 1.68 bits per heavy atom. The number of hydrogen-bond donors (Lipinski definition) is 1. The average molecular weight is 536 g/mol. The Hall–Kier alpha value is -4.04. The third-order valence-corrected chi connectivity index (χ3v) is 4.59. The van der Waals surface area contributed by atoms with Crippen LogP contribution < -0.4 is 14.8 Å². The Labute approximate surface area is 203 Å². The Bertz CT molecular complexity index is 1230. The van der Waals surface area contributed by atoms with Gasteiger partial charge in [-0.1, -0.05) is 0 Å². The van der Waals surface area contributed by atoms with Crippen molar-refractivity contribution in [3.8, 4) is 22.9 Å². The molecule has 3 rings (SSSR count). The average Bonchev–Trinajstić information content (AvgIpc) is 2.81. The van der Waals surface area contributed by atoms with E-state index in [1.54, 1.807) is 0 Å². The molecule has 7 nitrogen and oxygen atoms in total. The number of ether oxygens (including phenoxy) is 2. The summed E-state index contributed by atoms with van der Waals surface area (Å²) in [4.78, 5) is 24.9. The molecule has 1 aromatic carbocycles. The van der Waals surface area contributed by atoms with Crippen LogP contribution in [0.25, 0.3) is 11.4 Å². The lowest BCUT2D eigenvalue weighted by Gasteiger charge is -2.18. The van der Waals surface area contributed by atoms with Crippen LogP contribution >= 0.6 is 0 Å². The van der Waals surface area contributed by atoms with Crippen molar-refractivity contribution in [1.82, 2.24) is 20.3 Å². The minimum absolute atomic E-state index is 0.117. The van der Waals surface area contributed by atoms with Gasteiger partial charge in [-0.2, -0.15) is 35.1 Å². The Morgan fingerprint density at radius 1 is 0.973 bits per heavy atom. The Kier molecular flexibility index (Phi) is 8.13. The molecule has 0 spiro atoms. The normalized spacial score (nSPS) is 12.8. The monoisotopic (exact) mass is 536 g/mol. The minimum Gasteiger partial charge on any atom is -0.484 e. The predicted octanol–water partition coefficient (Wildman–Crippen LogP) is 5.59. The van der Waals surface area contributed by atoms with E-state index in [0.29, 0.717) is 12.1 Å². The van der Waals surface area contributed by atoms with E-state index in [1.807, 2.05) is 0 Å². The van der Waals surface area contributed by atoms with Crippen LogP contribution in [0.15, 0.2) is 48.9 Å². The van der Waals surface area contributed by atoms with E-state index in [2.05, 4.69) is 29.7 Å². The van der Waals surface area contributed by atoms with Crippen LogP contribution in [0.1, 0.15) is 34.6 Å². The summed E-state index contributed by atoms with van der Waals surface area (Å²) >= 11 is 0. The molecule has 198 valence electrons. The molecule has 0 saturated heterocycles. The zero-order chi connectivity index (χ0) is 27.4. The van der Waals surface area contributed by atoms with Crippen molar-refractivity contribution in [2.24, 2.45) is 0 Å². The second kappa shape index (κ2) is 10.9. The summed E-state index contributed by atoms with van der Waals surface area (Å²) in [6.45, 7) is -3.50. The number of rotatable bonds is 8. The van der Waals surface area contributed by atoms with E-state index < -0.39 is 54.4 Å². The van der Waals surface area contributed by atoms with Gasteiger partial charge in [-0.15, -0.1) is 0 Å². The zero-order valence-corrected chi connectivity index (χ0v) is 18.6. The first-order chi connectivity index (χ1) is 17.2. The van der Waals surface area contributed by atoms with Gasteiger partial charge in [-0.05, 0) is 37.3 Å². The molecular weight excluding hydrogens is 520 g/mol. The topological polar surface area (TPSA) is 86.2 Å². The SMILES string of the molecule is CC(NC(=O)c1cc(OCC(F)(F)F)cc(C(F)(F)F)c1)c1nccnc1-c1ccc(OC(F)F)cn1. The molecule has 0 fully saturated rings. The number of hydrogen-bond acceptors (Lipinski definition) is 6. The maximum absolute atomic E-state index is 13.3. The molecule has 2 aromatic heterocycles. The molecule has 1 atom stereocenters. The Morgan fingerprint density at radius 3 is 2.27 bits per heavy atom. The zero-order valence-electron chi connectivity index (χ0n) is 18.6. The maximum Gasteiger partial charge on any atom is 0.422 e. The fourth-order valence-electron chi connectivity index (χ4n) is 3.05. The number of nitrogens with one attached hydrogen (secondary N) is 1. The minimum atomic E-state index is -4.97. The fraction of sp³-hybridized carbons (Fsp3) is 0.273. The maximum atomic E-state index is 13.3. The van der Waals surface area contributed by atoms with Gasteiger partial charge in [0.05, 0.1) is 29.2 Å². The lowest BCUT2D eigenvalue weighted by molar-refractivity contribution is -0.153. The van der Waals surface area contributed by atoms with E-state index in [-0.39, 0.29) is 22.8 Å². The van der Waals surface area contributed by atoms with Gasteiger partial charge < -0.3 is 14.8 Å². The van der Waals surface area contributed by atoms with E-state index >= 15 is 0 Å². The van der Waals surface area contributed by atoms with Crippen molar-refractivity contribution in [3.63, 3.8) is 0 Å². The molecule has 0 bridgehead atoms. The summed E-state index contributed by atoms with van der Waals surface area (Å²) in [5, 5.41) is 2.40. The van der Waals surface area contributed by atoms with Gasteiger partial charge in [0.1, 0.15) is 17.2 Å². The van der Waals surface area contributed by atoms with Crippen LogP contribution in [0.5, 0.6) is 11.5 Å². The van der Waals surface area contributed by atoms with Gasteiger partial charge in [-0.25, -0.2) is 0 Å². The molecule has 2 heterocycles. The van der Waals surface area contributed by atoms with Crippen molar-refractivity contribution in [2.45, 2.75) is 31.9 Å². The molecule has 0 saturated carbocycles. The van der Waals surface area contributed by atoms with Gasteiger partial charge in [0.15, 0.2) is 6.61 Å². The van der Waals surface area contributed by atoms with Gasteiger partial charge in [-0.3, -0.25) is 19.7 Å². The number of benzene rings is 1. The third-order valence-electron chi connectivity index (χ3n) is 4.59. The number of carbonyl (C=O) groups is 1. The molecule has 3 aromatic rings. The second-order valence-electron chi connectivity index (χ2n) is 7.39. The van der Waals surface area contributed by atoms with Crippen LogP contribution in [0.4, 0.5) is 35.1 Å². The number of pyridine rings is 1. The largest absolute Gasteiger partial charge is 0.484 e. The van der Waals surface area contributed by atoms with E-state index in [4.69, 9.17) is 0 Å². The van der Waals surface area contributed by atoms with E-state index in [9.17, 15) is 39.9 Å². The summed E-state index contributed by atoms with van der Waals surface area (Å²) in [5.41, 5.74) is -1.60. The van der Waals surface area contributed by atoms with Gasteiger partial charge in [0, 0.05) is 18.0 Å². The number of aromatic nitrogens is 3. The highest BCUT2D eigenvalue weighted by Gasteiger charge is 2.33. The highest BCUT2D eigenvalue weighted by Crippen LogP contribution is 2.33. The first-order valence-electron chi connectivity index (χ1n) is 10.2. The van der Waals surface area contributed by atoms with Crippen molar-refractivity contribution < 1.29 is 49.4 Å². The summed E-state index contributed by atoms with van der Waals surface area (Å²) in [6.07, 6.45) is -6.22. The highest BCUT2D eigenvalue weighted by atomic mass is 19.4. The molecule has 1 N–H and O–H groups in total. The number of amides is 1. The smallest absolute Gasteiger partial charge is 0.422 e. The van der Waals surface area contributed by atoms with Gasteiger partial charge in [0.25, 0.3) is 5.91 Å². The van der Waals surface area contributed by atoms with Crippen LogP contribution in [-0.2, 0) is 6.18 Å². The lowest BCUT2D eigenvalue weighted by atomic mass is 10.1. The number of halogens is 8.